The number of aromatic hydroxyl groups is 1. The second-order valence-electron chi connectivity index (χ2n) is 29.1. The van der Waals surface area contributed by atoms with Crippen LogP contribution in [0, 0.1) is 11.8 Å². The minimum Gasteiger partial charge on any atom is -0.508 e. The van der Waals surface area contributed by atoms with Crippen LogP contribution in [0.25, 0.3) is 10.9 Å². The van der Waals surface area contributed by atoms with Gasteiger partial charge >= 0.3 is 0 Å². The summed E-state index contributed by atoms with van der Waals surface area (Å²) in [6.07, 6.45) is 0.366. The van der Waals surface area contributed by atoms with E-state index < -0.39 is 211 Å². The molecule has 0 bridgehead atoms. The number of nitrogens with one attached hydrogen (secondary N) is 13. The van der Waals surface area contributed by atoms with E-state index in [4.69, 9.17) is 34.4 Å². The molecule has 0 saturated carbocycles. The molecular weight excluding hydrogens is 1510 g/mol. The number of carbonyl (C=O) groups is 17. The van der Waals surface area contributed by atoms with Crippen molar-refractivity contribution in [3.8, 4) is 5.75 Å². The summed E-state index contributed by atoms with van der Waals surface area (Å²) in [5, 5.41) is 52.5. The Morgan fingerprint density at radius 2 is 1.03 bits per heavy atom. The van der Waals surface area contributed by atoms with E-state index in [1.807, 2.05) is 0 Å². The Morgan fingerprint density at radius 1 is 0.535 bits per heavy atom. The lowest BCUT2D eigenvalue weighted by Gasteiger charge is -2.32. The van der Waals surface area contributed by atoms with Crippen molar-refractivity contribution in [2.45, 2.75) is 229 Å². The van der Waals surface area contributed by atoms with Crippen molar-refractivity contribution in [1.29, 1.82) is 0 Å². The summed E-state index contributed by atoms with van der Waals surface area (Å²) in [4.78, 5) is 234. The fraction of sp³-hybridized carbons (Fsp3) is 0.581. The number of hydrogen-bond donors (Lipinski definition) is 21. The van der Waals surface area contributed by atoms with Gasteiger partial charge in [0.25, 0.3) is 0 Å². The van der Waals surface area contributed by atoms with Gasteiger partial charge in [0.05, 0.1) is 25.1 Å². The molecule has 0 unspecified atom stereocenters. The minimum absolute atomic E-state index is 0.0101. The summed E-state index contributed by atoms with van der Waals surface area (Å²) in [5.41, 5.74) is 34.7. The Hall–Kier alpha value is -11.0. The lowest BCUT2D eigenvalue weighted by Crippen LogP contribution is -2.61. The van der Waals surface area contributed by atoms with Crippen LogP contribution in [0.5, 0.6) is 5.75 Å². The van der Waals surface area contributed by atoms with Gasteiger partial charge in [-0.05, 0) is 145 Å². The molecule has 14 atom stereocenters. The first kappa shape index (κ1) is 95.4. The van der Waals surface area contributed by atoms with Crippen molar-refractivity contribution < 1.29 is 91.7 Å². The lowest BCUT2D eigenvalue weighted by atomic mass is 9.99. The van der Waals surface area contributed by atoms with E-state index in [0.29, 0.717) is 34.9 Å². The summed E-state index contributed by atoms with van der Waals surface area (Å²) in [5.74, 6) is -15.5. The Morgan fingerprint density at radius 3 is 1.59 bits per heavy atom. The van der Waals surface area contributed by atoms with Gasteiger partial charge in [-0.1, -0.05) is 58.0 Å². The Labute approximate surface area is 664 Å². The molecule has 0 aliphatic carbocycles. The van der Waals surface area contributed by atoms with Gasteiger partial charge in [-0.3, -0.25) is 81.5 Å². The minimum atomic E-state index is -1.73. The number of H-pyrrole nitrogens is 1. The maximum atomic E-state index is 14.7. The average Bonchev–Trinajstić information content (AvgIpc) is 1.58. The van der Waals surface area contributed by atoms with Crippen LogP contribution >= 0.6 is 11.8 Å². The van der Waals surface area contributed by atoms with E-state index >= 15 is 0 Å². The number of carbonyl (C=O) groups excluding carboxylic acids is 17. The van der Waals surface area contributed by atoms with Crippen molar-refractivity contribution in [3.05, 3.63) is 65.9 Å². The Balaban J connectivity index is 1.52. The van der Waals surface area contributed by atoms with Gasteiger partial charge in [0.2, 0.25) is 100 Å². The van der Waals surface area contributed by atoms with Crippen LogP contribution in [0.1, 0.15) is 143 Å². The van der Waals surface area contributed by atoms with Crippen LogP contribution in [0.3, 0.4) is 0 Å². The number of primary amides is 4. The number of thioether (sulfide) groups is 1. The number of para-hydroxylation sites is 1. The standard InChI is InChI=1S/C74H114N20O19S/c1-37(2)30-52(69(108)87-49(16-11-12-27-75)66(105)82-36-60(100)83-39(5)63(102)85-48(62(80)101)22-24-57(77)97)91-71(110)54(32-42-18-20-44(96)21-19-42)92-70(109)53(31-38(3)4)90-68(107)51(26-29-114-8)86-64(103)40(6)84-67(106)50(23-25-58(78)98)88-73(112)56-17-13-28-94(56)74(113)61(41(7)95)93-72(111)55(89-65(104)46(76)34-59(79)99)33-43-35-81-47-15-10-9-14-45(43)47/h9-10,14-15,18-21,35,37-41,46,48-56,61,81,95-96H,11-13,16-17,22-34,36,75-76H2,1-8H3,(H2,77,97)(H2,78,98)(H2,79,99)(H2,80,101)(H,82,105)(H,83,100)(H,84,106)(H,85,102)(H,86,103)(H,87,108)(H,88,112)(H,89,104)(H,90,107)(H,91,110)(H,92,109)(H,93,111)/t39-,40-,41+,46-,48-,49-,50-,51-,52-,53-,54-,55-,56-,61-/m0/s1. The summed E-state index contributed by atoms with van der Waals surface area (Å²) in [6.45, 7) is 10.3. The van der Waals surface area contributed by atoms with Gasteiger partial charge in [0.15, 0.2) is 0 Å². The van der Waals surface area contributed by atoms with Gasteiger partial charge in [-0.2, -0.15) is 11.8 Å². The summed E-state index contributed by atoms with van der Waals surface area (Å²) in [7, 11) is 0. The third-order valence-corrected chi connectivity index (χ3v) is 19.1. The van der Waals surface area contributed by atoms with Crippen LogP contribution in [-0.4, -0.2) is 237 Å². The molecule has 2 aromatic carbocycles. The number of aliphatic hydroxyl groups is 1. The number of benzene rings is 2. The number of nitrogens with two attached hydrogens (primary N) is 6. The van der Waals surface area contributed by atoms with Crippen molar-refractivity contribution >= 4 is 123 Å². The average molecular weight is 1620 g/mol. The first-order valence-corrected chi connectivity index (χ1v) is 39.1. The Kier molecular flexibility index (Phi) is 39.7. The first-order chi connectivity index (χ1) is 53.7. The molecule has 39 nitrogen and oxygen atoms in total. The van der Waals surface area contributed by atoms with Gasteiger partial charge in [0.1, 0.15) is 78.3 Å². The highest BCUT2D eigenvalue weighted by Gasteiger charge is 2.43. The summed E-state index contributed by atoms with van der Waals surface area (Å²) < 4.78 is 0. The van der Waals surface area contributed by atoms with Gasteiger partial charge in [0, 0.05) is 49.3 Å². The number of rotatable bonds is 50. The number of aromatic amines is 1. The smallest absolute Gasteiger partial charge is 0.248 e. The van der Waals surface area contributed by atoms with Crippen LogP contribution < -0.4 is 98.2 Å². The van der Waals surface area contributed by atoms with Crippen molar-refractivity contribution in [3.63, 3.8) is 0 Å². The number of fused-ring (bicyclic) bond motifs is 1. The largest absolute Gasteiger partial charge is 0.508 e. The maximum Gasteiger partial charge on any atom is 0.248 e. The molecule has 0 spiro atoms. The molecule has 3 aromatic rings. The number of likely N-dealkylation sites (tertiary alicyclic amines) is 1. The monoisotopic (exact) mass is 1620 g/mol. The highest BCUT2D eigenvalue weighted by Crippen LogP contribution is 2.23. The van der Waals surface area contributed by atoms with Crippen LogP contribution in [0.4, 0.5) is 0 Å². The SMILES string of the molecule is CSCC[C@H](NC(=O)[C@H](C)NC(=O)[C@H](CCC(N)=O)NC(=O)[C@@H]1CCCN1C(=O)[C@@H](NC(=O)[C@H](Cc1c[nH]c2ccccc12)NC(=O)[C@@H](N)CC(N)=O)[C@@H](C)O)C(=O)N[C@@H](CC(C)C)C(=O)N[C@@H](Cc1ccc(O)cc1)C(=O)N[C@@H](CC(C)C)C(=O)N[C@@H](CCCCN)C(=O)NCC(=O)N[C@@H](C)C(=O)N[C@@H](CCC(N)=O)C(N)=O. The summed E-state index contributed by atoms with van der Waals surface area (Å²) >= 11 is 1.31. The molecule has 17 amide bonds. The highest BCUT2D eigenvalue weighted by atomic mass is 32.2. The Bertz CT molecular complexity index is 3860. The van der Waals surface area contributed by atoms with Crippen molar-refractivity contribution in [1.82, 2.24) is 73.7 Å². The fourth-order valence-electron chi connectivity index (χ4n) is 12.3. The topological polar surface area (TPSA) is 650 Å². The highest BCUT2D eigenvalue weighted by molar-refractivity contribution is 7.98. The van der Waals surface area contributed by atoms with Gasteiger partial charge < -0.3 is 118 Å². The van der Waals surface area contributed by atoms with Gasteiger partial charge in [-0.25, -0.2) is 0 Å². The fourth-order valence-corrected chi connectivity index (χ4v) is 12.8. The van der Waals surface area contributed by atoms with Crippen molar-refractivity contribution in [2.75, 3.05) is 31.6 Å². The molecule has 40 heteroatoms. The number of nitrogens with zero attached hydrogens (tertiary/aromatic N) is 1. The van der Waals surface area contributed by atoms with Crippen LogP contribution in [-0.2, 0) is 94.3 Å². The van der Waals surface area contributed by atoms with E-state index in [0.717, 1.165) is 4.90 Å². The molecule has 4 rings (SSSR count). The first-order valence-electron chi connectivity index (χ1n) is 37.7. The number of aliphatic hydroxyl groups excluding tert-OH is 1. The zero-order valence-corrected chi connectivity index (χ0v) is 66.3. The van der Waals surface area contributed by atoms with E-state index in [1.165, 1.54) is 56.8 Å². The molecule has 630 valence electrons. The number of amides is 17. The zero-order chi connectivity index (χ0) is 85.2. The second kappa shape index (κ2) is 47.5. The quantitative estimate of drug-likeness (QED) is 0.0235. The maximum absolute atomic E-state index is 14.7. The number of hydrogen-bond acceptors (Lipinski definition) is 22. The second-order valence-corrected chi connectivity index (χ2v) is 30.1. The molecule has 1 fully saturated rings. The molecule has 1 aliphatic rings. The third kappa shape index (κ3) is 32.2. The number of unbranched alkanes of at least 4 members (excludes halogenated alkanes) is 1. The molecule has 27 N–H and O–H groups in total. The zero-order valence-electron chi connectivity index (χ0n) is 65.5. The van der Waals surface area contributed by atoms with E-state index in [-0.39, 0.29) is 101 Å². The summed E-state index contributed by atoms with van der Waals surface area (Å²) in [6, 6.07) is -5.76. The molecule has 1 aromatic heterocycles. The molecule has 1 saturated heterocycles. The lowest BCUT2D eigenvalue weighted by molar-refractivity contribution is -0.144. The van der Waals surface area contributed by atoms with E-state index in [1.54, 1.807) is 64.4 Å². The third-order valence-electron chi connectivity index (χ3n) is 18.5. The van der Waals surface area contributed by atoms with E-state index in [9.17, 15) is 91.7 Å². The number of aromatic nitrogens is 1. The molecular formula is C74H114N20O19S. The number of phenols is 1. The molecule has 2 heterocycles. The predicted octanol–water partition coefficient (Wildman–Crippen LogP) is -5.29. The molecule has 114 heavy (non-hydrogen) atoms. The van der Waals surface area contributed by atoms with Crippen LogP contribution in [0.15, 0.2) is 54.7 Å². The molecule has 0 radical (unpaired) electrons. The van der Waals surface area contributed by atoms with Crippen molar-refractivity contribution in [2.24, 2.45) is 46.2 Å². The number of phenolic OH excluding ortho intramolecular Hbond substituents is 1. The van der Waals surface area contributed by atoms with Gasteiger partial charge in [-0.15, -0.1) is 0 Å². The van der Waals surface area contributed by atoms with E-state index in [2.05, 4.69) is 68.8 Å². The molecule has 1 aliphatic heterocycles. The predicted molar refractivity (Wildman–Crippen MR) is 418 cm³/mol. The van der Waals surface area contributed by atoms with Crippen LogP contribution in [0.2, 0.25) is 0 Å². The normalized spacial score (nSPS) is 16.0.